The van der Waals surface area contributed by atoms with E-state index in [1.54, 1.807) is 6.07 Å². The molecule has 0 bridgehead atoms. The number of anilines is 3. The fraction of sp³-hybridized carbons (Fsp3) is 0.385. The molecule has 1 saturated heterocycles. The Morgan fingerprint density at radius 1 is 1.11 bits per heavy atom. The van der Waals surface area contributed by atoms with Crippen LogP contribution in [0.15, 0.2) is 47.4 Å². The quantitative estimate of drug-likeness (QED) is 0.313. The Kier molecular flexibility index (Phi) is 6.81. The molecule has 2 amide bonds. The highest BCUT2D eigenvalue weighted by molar-refractivity contribution is 6.02. The van der Waals surface area contributed by atoms with Crippen molar-refractivity contribution in [2.24, 2.45) is 0 Å². The van der Waals surface area contributed by atoms with Gasteiger partial charge in [-0.2, -0.15) is 0 Å². The summed E-state index contributed by atoms with van der Waals surface area (Å²) in [5.41, 5.74) is 9.48. The maximum atomic E-state index is 12.5. The van der Waals surface area contributed by atoms with Gasteiger partial charge in [-0.25, -0.2) is 14.8 Å². The summed E-state index contributed by atoms with van der Waals surface area (Å²) >= 11 is 0. The number of nitrogens with zero attached hydrogens (tertiary/aromatic N) is 5. The summed E-state index contributed by atoms with van der Waals surface area (Å²) in [7, 11) is 0. The molecular weight excluding hydrogens is 470 g/mol. The van der Waals surface area contributed by atoms with Crippen LogP contribution in [0.2, 0.25) is 0 Å². The van der Waals surface area contributed by atoms with Crippen LogP contribution in [-0.4, -0.2) is 63.3 Å². The number of hydrogen-bond donors (Lipinski definition) is 4. The van der Waals surface area contributed by atoms with Gasteiger partial charge in [-0.3, -0.25) is 10.2 Å². The topological polar surface area (TPSA) is 139 Å². The van der Waals surface area contributed by atoms with Gasteiger partial charge < -0.3 is 25.5 Å². The average Bonchev–Trinajstić information content (AvgIpc) is 3.50. The van der Waals surface area contributed by atoms with E-state index >= 15 is 0 Å². The number of hydrogen-bond acceptors (Lipinski definition) is 8. The molecule has 0 aliphatic carbocycles. The SMILES string of the molecule is CC(C)(C)c1cc(NC(=O)Nc2ccc(-c3cn(CCN4CCNCC4)c4ncnc(N)c34)cc2)no1. The zero-order valence-electron chi connectivity index (χ0n) is 21.4. The van der Waals surface area contributed by atoms with Crippen LogP contribution in [0.3, 0.4) is 0 Å². The van der Waals surface area contributed by atoms with Crippen LogP contribution in [0.4, 0.5) is 22.1 Å². The third kappa shape index (κ3) is 5.57. The first kappa shape index (κ1) is 24.7. The van der Waals surface area contributed by atoms with Crippen molar-refractivity contribution in [3.05, 3.63) is 48.6 Å². The summed E-state index contributed by atoms with van der Waals surface area (Å²) in [6, 6.07) is 8.93. The Morgan fingerprint density at radius 2 is 1.86 bits per heavy atom. The number of nitrogens with two attached hydrogens (primary N) is 1. The van der Waals surface area contributed by atoms with Crippen LogP contribution >= 0.6 is 0 Å². The molecule has 4 heterocycles. The van der Waals surface area contributed by atoms with E-state index in [0.717, 1.165) is 61.4 Å². The third-order valence-electron chi connectivity index (χ3n) is 6.49. The largest absolute Gasteiger partial charge is 0.383 e. The molecule has 3 aromatic heterocycles. The van der Waals surface area contributed by atoms with Gasteiger partial charge >= 0.3 is 6.03 Å². The second-order valence-electron chi connectivity index (χ2n) is 10.3. The van der Waals surface area contributed by atoms with Crippen molar-refractivity contribution < 1.29 is 9.32 Å². The predicted octanol–water partition coefficient (Wildman–Crippen LogP) is 3.52. The number of carbonyl (C=O) groups excluding carboxylic acids is 1. The number of aromatic nitrogens is 4. The van der Waals surface area contributed by atoms with E-state index in [1.807, 2.05) is 45.0 Å². The minimum atomic E-state index is -0.399. The monoisotopic (exact) mass is 503 g/mol. The van der Waals surface area contributed by atoms with E-state index in [0.29, 0.717) is 23.1 Å². The van der Waals surface area contributed by atoms with Crippen LogP contribution in [0.5, 0.6) is 0 Å². The number of carbonyl (C=O) groups is 1. The van der Waals surface area contributed by atoms with Crippen LogP contribution in [0.25, 0.3) is 22.2 Å². The summed E-state index contributed by atoms with van der Waals surface area (Å²) in [5.74, 6) is 1.51. The van der Waals surface area contributed by atoms with Gasteiger partial charge in [0.15, 0.2) is 5.82 Å². The summed E-state index contributed by atoms with van der Waals surface area (Å²) in [5, 5.41) is 13.7. The highest BCUT2D eigenvalue weighted by Gasteiger charge is 2.21. The van der Waals surface area contributed by atoms with E-state index in [9.17, 15) is 4.79 Å². The summed E-state index contributed by atoms with van der Waals surface area (Å²) in [6.07, 6.45) is 3.60. The number of piperazine rings is 1. The molecular formula is C26H33N9O2. The van der Waals surface area contributed by atoms with Gasteiger partial charge in [0.05, 0.1) is 5.39 Å². The number of fused-ring (bicyclic) bond motifs is 1. The van der Waals surface area contributed by atoms with Crippen molar-refractivity contribution in [1.82, 2.24) is 29.9 Å². The lowest BCUT2D eigenvalue weighted by molar-refractivity contribution is 0.233. The first-order valence-corrected chi connectivity index (χ1v) is 12.5. The van der Waals surface area contributed by atoms with Crippen LogP contribution in [0.1, 0.15) is 26.5 Å². The lowest BCUT2D eigenvalue weighted by Gasteiger charge is -2.27. The second kappa shape index (κ2) is 10.2. The Hall–Kier alpha value is -3.96. The Balaban J connectivity index is 1.30. The summed E-state index contributed by atoms with van der Waals surface area (Å²) in [4.78, 5) is 23.7. The molecule has 5 rings (SSSR count). The number of nitrogens with one attached hydrogen (secondary N) is 3. The van der Waals surface area contributed by atoms with Crippen LogP contribution in [0, 0.1) is 0 Å². The van der Waals surface area contributed by atoms with Gasteiger partial charge in [0.2, 0.25) is 0 Å². The lowest BCUT2D eigenvalue weighted by Crippen LogP contribution is -2.44. The molecule has 0 radical (unpaired) electrons. The molecule has 1 aromatic carbocycles. The lowest BCUT2D eigenvalue weighted by atomic mass is 9.93. The fourth-order valence-electron chi connectivity index (χ4n) is 4.42. The van der Waals surface area contributed by atoms with E-state index in [4.69, 9.17) is 10.3 Å². The van der Waals surface area contributed by atoms with E-state index < -0.39 is 6.03 Å². The number of nitrogen functional groups attached to an aromatic ring is 1. The maximum absolute atomic E-state index is 12.5. The molecule has 0 spiro atoms. The molecule has 4 aromatic rings. The number of rotatable bonds is 6. The molecule has 194 valence electrons. The van der Waals surface area contributed by atoms with Gasteiger partial charge in [0.1, 0.15) is 23.6 Å². The Bertz CT molecular complexity index is 1380. The van der Waals surface area contributed by atoms with Gasteiger partial charge in [-0.15, -0.1) is 0 Å². The van der Waals surface area contributed by atoms with Crippen molar-refractivity contribution in [1.29, 1.82) is 0 Å². The fourth-order valence-corrected chi connectivity index (χ4v) is 4.42. The molecule has 37 heavy (non-hydrogen) atoms. The molecule has 0 unspecified atom stereocenters. The van der Waals surface area contributed by atoms with Crippen molar-refractivity contribution in [3.8, 4) is 11.1 Å². The third-order valence-corrected chi connectivity index (χ3v) is 6.49. The number of amides is 2. The molecule has 5 N–H and O–H groups in total. The van der Waals surface area contributed by atoms with E-state index in [-0.39, 0.29) is 5.41 Å². The second-order valence-corrected chi connectivity index (χ2v) is 10.3. The van der Waals surface area contributed by atoms with Crippen LogP contribution < -0.4 is 21.7 Å². The first-order valence-electron chi connectivity index (χ1n) is 12.5. The van der Waals surface area contributed by atoms with E-state index in [1.165, 1.54) is 6.33 Å². The van der Waals surface area contributed by atoms with E-state index in [2.05, 4.69) is 46.7 Å². The highest BCUT2D eigenvalue weighted by atomic mass is 16.5. The minimum Gasteiger partial charge on any atom is -0.383 e. The number of urea groups is 1. The molecule has 1 aliphatic heterocycles. The van der Waals surface area contributed by atoms with Crippen LogP contribution in [-0.2, 0) is 12.0 Å². The van der Waals surface area contributed by atoms with Gasteiger partial charge in [0, 0.05) is 68.2 Å². The minimum absolute atomic E-state index is 0.193. The van der Waals surface area contributed by atoms with Gasteiger partial charge in [-0.1, -0.05) is 38.1 Å². The normalized spacial score (nSPS) is 14.7. The molecule has 0 saturated carbocycles. The summed E-state index contributed by atoms with van der Waals surface area (Å²) in [6.45, 7) is 11.9. The van der Waals surface area contributed by atoms with Crippen molar-refractivity contribution in [3.63, 3.8) is 0 Å². The Morgan fingerprint density at radius 3 is 2.57 bits per heavy atom. The van der Waals surface area contributed by atoms with Crippen molar-refractivity contribution >= 4 is 34.4 Å². The highest BCUT2D eigenvalue weighted by Crippen LogP contribution is 2.33. The van der Waals surface area contributed by atoms with Gasteiger partial charge in [0.25, 0.3) is 0 Å². The number of benzene rings is 1. The standard InChI is InChI=1S/C26H33N9O2/c1-26(2,3)20-14-21(33-37-20)32-25(36)31-18-6-4-17(5-7-18)19-15-35(13-12-34-10-8-28-9-11-34)24-22(19)23(27)29-16-30-24/h4-7,14-16,28H,8-13H2,1-3H3,(H2,27,29,30)(H2,31,32,33,36). The summed E-state index contributed by atoms with van der Waals surface area (Å²) < 4.78 is 7.47. The van der Waals surface area contributed by atoms with Crippen molar-refractivity contribution in [2.45, 2.75) is 32.7 Å². The zero-order chi connectivity index (χ0) is 26.0. The molecule has 0 atom stereocenters. The molecule has 11 heteroatoms. The molecule has 1 aliphatic rings. The predicted molar refractivity (Wildman–Crippen MR) is 145 cm³/mol. The average molecular weight is 504 g/mol. The molecule has 11 nitrogen and oxygen atoms in total. The zero-order valence-corrected chi connectivity index (χ0v) is 21.4. The van der Waals surface area contributed by atoms with Gasteiger partial charge in [-0.05, 0) is 17.7 Å². The smallest absolute Gasteiger partial charge is 0.324 e. The molecule has 1 fully saturated rings. The first-order chi connectivity index (χ1) is 17.8. The Labute approximate surface area is 215 Å². The maximum Gasteiger partial charge on any atom is 0.324 e. The van der Waals surface area contributed by atoms with Crippen molar-refractivity contribution in [2.75, 3.05) is 49.1 Å².